The quantitative estimate of drug-likeness (QED) is 0.626. The van der Waals surface area contributed by atoms with Crippen molar-refractivity contribution in [3.8, 4) is 0 Å². The van der Waals surface area contributed by atoms with E-state index >= 15 is 0 Å². The Morgan fingerprint density at radius 2 is 1.87 bits per heavy atom. The lowest BCUT2D eigenvalue weighted by Crippen LogP contribution is -1.96. The molecule has 0 N–H and O–H groups in total. The van der Waals surface area contributed by atoms with Crippen molar-refractivity contribution in [3.63, 3.8) is 0 Å². The summed E-state index contributed by atoms with van der Waals surface area (Å²) in [5.41, 5.74) is 7.22. The second kappa shape index (κ2) is 4.06. The molecule has 1 aliphatic rings. The van der Waals surface area contributed by atoms with Gasteiger partial charge in [-0.05, 0) is 61.4 Å². The van der Waals surface area contributed by atoms with Crippen molar-refractivity contribution >= 4 is 5.57 Å². The average Bonchev–Trinajstić information content (AvgIpc) is 2.23. The molecule has 78 valence electrons. The van der Waals surface area contributed by atoms with Gasteiger partial charge in [0, 0.05) is 0 Å². The van der Waals surface area contributed by atoms with Gasteiger partial charge in [0.05, 0.1) is 0 Å². The molecule has 0 aromatic heterocycles. The van der Waals surface area contributed by atoms with E-state index in [4.69, 9.17) is 0 Å². The SMILES string of the molecule is CC1=C(c2cccc(C)c2C)CCC=C1. The first-order valence-corrected chi connectivity index (χ1v) is 5.63. The molecular weight excluding hydrogens is 180 g/mol. The molecule has 0 fully saturated rings. The second-order valence-corrected chi connectivity index (χ2v) is 4.35. The van der Waals surface area contributed by atoms with Gasteiger partial charge in [0.25, 0.3) is 0 Å². The normalized spacial score (nSPS) is 15.9. The molecule has 0 saturated heterocycles. The first-order valence-electron chi connectivity index (χ1n) is 5.63. The van der Waals surface area contributed by atoms with Crippen LogP contribution in [0.2, 0.25) is 0 Å². The molecule has 0 saturated carbocycles. The van der Waals surface area contributed by atoms with Crippen LogP contribution in [0.4, 0.5) is 0 Å². The van der Waals surface area contributed by atoms with Crippen LogP contribution in [0.15, 0.2) is 35.9 Å². The lowest BCUT2D eigenvalue weighted by molar-refractivity contribution is 1.03. The summed E-state index contributed by atoms with van der Waals surface area (Å²) in [5.74, 6) is 0. The molecule has 0 heteroatoms. The van der Waals surface area contributed by atoms with Gasteiger partial charge in [-0.25, -0.2) is 0 Å². The van der Waals surface area contributed by atoms with Crippen molar-refractivity contribution in [3.05, 3.63) is 52.6 Å². The van der Waals surface area contributed by atoms with E-state index in [9.17, 15) is 0 Å². The molecule has 1 aromatic carbocycles. The summed E-state index contributed by atoms with van der Waals surface area (Å²) < 4.78 is 0. The molecule has 0 spiro atoms. The van der Waals surface area contributed by atoms with Gasteiger partial charge in [0.15, 0.2) is 0 Å². The number of hydrogen-bond acceptors (Lipinski definition) is 0. The highest BCUT2D eigenvalue weighted by atomic mass is 14.1. The summed E-state index contributed by atoms with van der Waals surface area (Å²) in [4.78, 5) is 0. The lowest BCUT2D eigenvalue weighted by atomic mass is 9.88. The minimum atomic E-state index is 1.18. The van der Waals surface area contributed by atoms with Gasteiger partial charge in [-0.1, -0.05) is 30.4 Å². The maximum absolute atomic E-state index is 2.27. The Hall–Kier alpha value is -1.30. The van der Waals surface area contributed by atoms with Crippen LogP contribution in [0.1, 0.15) is 36.5 Å². The van der Waals surface area contributed by atoms with Crippen LogP contribution in [0, 0.1) is 13.8 Å². The fraction of sp³-hybridized carbons (Fsp3) is 0.333. The molecule has 0 amide bonds. The maximum Gasteiger partial charge on any atom is -0.0190 e. The van der Waals surface area contributed by atoms with Gasteiger partial charge in [-0.3, -0.25) is 0 Å². The van der Waals surface area contributed by atoms with E-state index in [1.54, 1.807) is 0 Å². The molecule has 0 heterocycles. The fourth-order valence-electron chi connectivity index (χ4n) is 2.21. The highest BCUT2D eigenvalue weighted by Gasteiger charge is 2.10. The first-order chi connectivity index (χ1) is 7.20. The van der Waals surface area contributed by atoms with Gasteiger partial charge < -0.3 is 0 Å². The summed E-state index contributed by atoms with van der Waals surface area (Å²) in [6, 6.07) is 6.60. The van der Waals surface area contributed by atoms with E-state index in [0.717, 1.165) is 0 Å². The smallest absolute Gasteiger partial charge is 0.0190 e. The molecule has 2 rings (SSSR count). The molecule has 1 aliphatic carbocycles. The lowest BCUT2D eigenvalue weighted by Gasteiger charge is -2.17. The second-order valence-electron chi connectivity index (χ2n) is 4.35. The molecule has 0 atom stereocenters. The van der Waals surface area contributed by atoms with Crippen LogP contribution >= 0.6 is 0 Å². The van der Waals surface area contributed by atoms with Crippen LogP contribution in [0.5, 0.6) is 0 Å². The molecule has 0 unspecified atom stereocenters. The van der Waals surface area contributed by atoms with Crippen molar-refractivity contribution in [2.45, 2.75) is 33.6 Å². The molecule has 15 heavy (non-hydrogen) atoms. The number of benzene rings is 1. The summed E-state index contributed by atoms with van der Waals surface area (Å²) in [6.45, 7) is 6.63. The number of aryl methyl sites for hydroxylation is 1. The topological polar surface area (TPSA) is 0 Å². The van der Waals surface area contributed by atoms with Crippen LogP contribution in [-0.4, -0.2) is 0 Å². The van der Waals surface area contributed by atoms with E-state index in [2.05, 4.69) is 51.1 Å². The highest BCUT2D eigenvalue weighted by Crippen LogP contribution is 2.31. The Labute approximate surface area is 92.3 Å². The number of hydrogen-bond donors (Lipinski definition) is 0. The van der Waals surface area contributed by atoms with Crippen molar-refractivity contribution in [1.82, 2.24) is 0 Å². The summed E-state index contributed by atoms with van der Waals surface area (Å²) in [6.07, 6.45) is 6.89. The van der Waals surface area contributed by atoms with Gasteiger partial charge in [-0.15, -0.1) is 0 Å². The largest absolute Gasteiger partial charge is 0.0839 e. The molecule has 0 radical (unpaired) electrons. The van der Waals surface area contributed by atoms with Gasteiger partial charge in [0.1, 0.15) is 0 Å². The molecular formula is C15H18. The van der Waals surface area contributed by atoms with E-state index < -0.39 is 0 Å². The monoisotopic (exact) mass is 198 g/mol. The minimum Gasteiger partial charge on any atom is -0.0839 e. The van der Waals surface area contributed by atoms with E-state index in [0.29, 0.717) is 0 Å². The van der Waals surface area contributed by atoms with Crippen LogP contribution in [-0.2, 0) is 0 Å². The van der Waals surface area contributed by atoms with Gasteiger partial charge >= 0.3 is 0 Å². The average molecular weight is 198 g/mol. The highest BCUT2D eigenvalue weighted by molar-refractivity contribution is 5.74. The number of rotatable bonds is 1. The Balaban J connectivity index is 2.54. The van der Waals surface area contributed by atoms with E-state index in [-0.39, 0.29) is 0 Å². The summed E-state index contributed by atoms with van der Waals surface area (Å²) in [5, 5.41) is 0. The van der Waals surface area contributed by atoms with Crippen LogP contribution in [0.3, 0.4) is 0 Å². The fourth-order valence-corrected chi connectivity index (χ4v) is 2.21. The first kappa shape index (κ1) is 10.2. The third-order valence-electron chi connectivity index (χ3n) is 3.33. The summed E-state index contributed by atoms with van der Waals surface area (Å²) in [7, 11) is 0. The number of allylic oxidation sites excluding steroid dienone is 4. The van der Waals surface area contributed by atoms with Gasteiger partial charge in [0.2, 0.25) is 0 Å². The third kappa shape index (κ3) is 1.90. The van der Waals surface area contributed by atoms with Crippen molar-refractivity contribution < 1.29 is 0 Å². The van der Waals surface area contributed by atoms with Crippen molar-refractivity contribution in [1.29, 1.82) is 0 Å². The summed E-state index contributed by atoms with van der Waals surface area (Å²) >= 11 is 0. The van der Waals surface area contributed by atoms with Crippen molar-refractivity contribution in [2.75, 3.05) is 0 Å². The molecule has 1 aromatic rings. The van der Waals surface area contributed by atoms with Crippen molar-refractivity contribution in [2.24, 2.45) is 0 Å². The zero-order valence-electron chi connectivity index (χ0n) is 9.80. The molecule has 0 aliphatic heterocycles. The molecule has 0 bridgehead atoms. The third-order valence-corrected chi connectivity index (χ3v) is 3.33. The van der Waals surface area contributed by atoms with Gasteiger partial charge in [-0.2, -0.15) is 0 Å². The Morgan fingerprint density at radius 1 is 1.07 bits per heavy atom. The zero-order valence-corrected chi connectivity index (χ0v) is 9.80. The Kier molecular flexibility index (Phi) is 2.77. The maximum atomic E-state index is 2.27. The minimum absolute atomic E-state index is 1.18. The zero-order chi connectivity index (χ0) is 10.8. The van der Waals surface area contributed by atoms with E-state index in [1.165, 1.54) is 40.7 Å². The van der Waals surface area contributed by atoms with Crippen LogP contribution < -0.4 is 0 Å². The Bertz CT molecular complexity index is 433. The van der Waals surface area contributed by atoms with E-state index in [1.807, 2.05) is 0 Å². The predicted octanol–water partition coefficient (Wildman–Crippen LogP) is 4.43. The standard InChI is InChI=1S/C15H18/c1-11-8-6-10-15(13(11)3)14-9-5-4-7-12(14)2/h4,6-8,10H,5,9H2,1-3H3. The Morgan fingerprint density at radius 3 is 2.60 bits per heavy atom. The predicted molar refractivity (Wildman–Crippen MR) is 66.9 cm³/mol. The van der Waals surface area contributed by atoms with Crippen LogP contribution in [0.25, 0.3) is 5.57 Å². The molecule has 0 nitrogen and oxygen atoms in total.